The molecule has 1 N–H and O–H groups in total. The van der Waals surface area contributed by atoms with Crippen LogP contribution in [0.3, 0.4) is 0 Å². The molecule has 0 saturated carbocycles. The van der Waals surface area contributed by atoms with Crippen LogP contribution in [-0.4, -0.2) is 21.3 Å². The molecule has 3 heteroatoms. The summed E-state index contributed by atoms with van der Waals surface area (Å²) in [7, 11) is 0. The predicted molar refractivity (Wildman–Crippen MR) is 55.1 cm³/mol. The fraction of sp³-hybridized carbons (Fsp3) is 0.727. The van der Waals surface area contributed by atoms with Gasteiger partial charge in [0.1, 0.15) is 0 Å². The van der Waals surface area contributed by atoms with Crippen LogP contribution < -0.4 is 0 Å². The maximum absolute atomic E-state index is 9.00. The normalized spacial score (nSPS) is 17.9. The van der Waals surface area contributed by atoms with E-state index in [0.29, 0.717) is 5.92 Å². The minimum Gasteiger partial charge on any atom is -0.396 e. The highest BCUT2D eigenvalue weighted by Crippen LogP contribution is 2.20. The molecule has 2 rings (SSSR count). The van der Waals surface area contributed by atoms with Crippen LogP contribution in [0.5, 0.6) is 0 Å². The molecule has 1 aromatic rings. The van der Waals surface area contributed by atoms with E-state index in [1.807, 2.05) is 6.33 Å². The van der Waals surface area contributed by atoms with Crippen molar-refractivity contribution >= 4 is 0 Å². The summed E-state index contributed by atoms with van der Waals surface area (Å²) in [5, 5.41) is 9.00. The molecule has 0 fully saturated rings. The lowest BCUT2D eigenvalue weighted by Crippen LogP contribution is -2.14. The number of aliphatic hydroxyl groups excluding tert-OH is 1. The molecule has 0 bridgehead atoms. The average Bonchev–Trinajstić information content (AvgIpc) is 2.62. The molecular formula is C11H18N2O. The fourth-order valence-corrected chi connectivity index (χ4v) is 2.08. The van der Waals surface area contributed by atoms with E-state index in [0.717, 1.165) is 19.4 Å². The number of hydrogen-bond donors (Lipinski definition) is 1. The number of aromatic nitrogens is 2. The van der Waals surface area contributed by atoms with Crippen molar-refractivity contribution in [3.05, 3.63) is 17.7 Å². The van der Waals surface area contributed by atoms with Crippen molar-refractivity contribution in [1.29, 1.82) is 0 Å². The Morgan fingerprint density at radius 1 is 1.50 bits per heavy atom. The van der Waals surface area contributed by atoms with Gasteiger partial charge in [0, 0.05) is 18.8 Å². The number of aliphatic hydroxyl groups is 1. The van der Waals surface area contributed by atoms with Gasteiger partial charge in [-0.05, 0) is 31.6 Å². The van der Waals surface area contributed by atoms with Gasteiger partial charge in [-0.15, -0.1) is 0 Å². The third-order valence-electron chi connectivity index (χ3n) is 2.93. The fourth-order valence-electron chi connectivity index (χ4n) is 2.08. The number of hydrogen-bond acceptors (Lipinski definition) is 2. The van der Waals surface area contributed by atoms with E-state index < -0.39 is 0 Å². The summed E-state index contributed by atoms with van der Waals surface area (Å²) in [4.78, 5) is 4.43. The van der Waals surface area contributed by atoms with Crippen molar-refractivity contribution in [2.75, 3.05) is 6.61 Å². The molecule has 78 valence electrons. The quantitative estimate of drug-likeness (QED) is 0.789. The van der Waals surface area contributed by atoms with Gasteiger partial charge in [-0.3, -0.25) is 0 Å². The summed E-state index contributed by atoms with van der Waals surface area (Å²) in [6, 6.07) is 0. The van der Waals surface area contributed by atoms with Gasteiger partial charge < -0.3 is 9.67 Å². The Bertz CT molecular complexity index is 306. The number of nitrogens with zero attached hydrogens (tertiary/aromatic N) is 2. The molecule has 0 aromatic carbocycles. The van der Waals surface area contributed by atoms with Gasteiger partial charge in [0.2, 0.25) is 0 Å². The Balaban J connectivity index is 2.14. The van der Waals surface area contributed by atoms with E-state index in [9.17, 15) is 0 Å². The predicted octanol–water partition coefficient (Wildman–Crippen LogP) is 1.39. The van der Waals surface area contributed by atoms with Crippen LogP contribution in [0.2, 0.25) is 0 Å². The topological polar surface area (TPSA) is 38.0 Å². The zero-order chi connectivity index (χ0) is 9.97. The smallest absolute Gasteiger partial charge is 0.0951 e. The van der Waals surface area contributed by atoms with E-state index in [4.69, 9.17) is 5.11 Å². The Morgan fingerprint density at radius 3 is 3.07 bits per heavy atom. The number of rotatable bonds is 3. The van der Waals surface area contributed by atoms with Gasteiger partial charge in [0.15, 0.2) is 0 Å². The van der Waals surface area contributed by atoms with E-state index in [-0.39, 0.29) is 6.61 Å². The standard InChI is InChI=1S/C11H18N2O/c1-9(7-14)6-13-8-12-10-4-2-3-5-11(10)13/h8-9,14H,2-7H2,1H3. The second-order valence-corrected chi connectivity index (χ2v) is 4.29. The SMILES string of the molecule is CC(CO)Cn1cnc2c1CCCC2. The van der Waals surface area contributed by atoms with Gasteiger partial charge in [0.05, 0.1) is 12.0 Å². The van der Waals surface area contributed by atoms with Gasteiger partial charge in [-0.2, -0.15) is 0 Å². The molecule has 14 heavy (non-hydrogen) atoms. The Labute approximate surface area is 84.8 Å². The first-order valence-electron chi connectivity index (χ1n) is 5.45. The Hall–Kier alpha value is -0.830. The maximum Gasteiger partial charge on any atom is 0.0951 e. The van der Waals surface area contributed by atoms with Crippen molar-refractivity contribution in [2.45, 2.75) is 39.2 Å². The second kappa shape index (κ2) is 4.13. The molecule has 0 aliphatic heterocycles. The summed E-state index contributed by atoms with van der Waals surface area (Å²) in [6.07, 6.45) is 6.79. The third-order valence-corrected chi connectivity index (χ3v) is 2.93. The summed E-state index contributed by atoms with van der Waals surface area (Å²) < 4.78 is 2.22. The van der Waals surface area contributed by atoms with Crippen LogP contribution in [0.4, 0.5) is 0 Å². The molecule has 1 aliphatic rings. The molecule has 0 radical (unpaired) electrons. The number of fused-ring (bicyclic) bond motifs is 1. The summed E-state index contributed by atoms with van der Waals surface area (Å²) in [6.45, 7) is 3.22. The lowest BCUT2D eigenvalue weighted by Gasteiger charge is -2.16. The number of aryl methyl sites for hydroxylation is 1. The van der Waals surface area contributed by atoms with Gasteiger partial charge in [-0.25, -0.2) is 4.98 Å². The molecule has 1 aromatic heterocycles. The molecule has 0 amide bonds. The van der Waals surface area contributed by atoms with E-state index in [2.05, 4.69) is 16.5 Å². The van der Waals surface area contributed by atoms with Gasteiger partial charge >= 0.3 is 0 Å². The molecule has 0 saturated heterocycles. The minimum atomic E-state index is 0.257. The first-order valence-corrected chi connectivity index (χ1v) is 5.45. The lowest BCUT2D eigenvalue weighted by atomic mass is 10.0. The van der Waals surface area contributed by atoms with Crippen molar-refractivity contribution in [3.8, 4) is 0 Å². The zero-order valence-electron chi connectivity index (χ0n) is 8.74. The van der Waals surface area contributed by atoms with Gasteiger partial charge in [0.25, 0.3) is 0 Å². The summed E-state index contributed by atoms with van der Waals surface area (Å²) in [5.74, 6) is 0.329. The van der Waals surface area contributed by atoms with Crippen molar-refractivity contribution < 1.29 is 5.11 Å². The molecule has 1 unspecified atom stereocenters. The van der Waals surface area contributed by atoms with Crippen molar-refractivity contribution in [2.24, 2.45) is 5.92 Å². The van der Waals surface area contributed by atoms with Crippen LogP contribution in [0.1, 0.15) is 31.2 Å². The van der Waals surface area contributed by atoms with Crippen LogP contribution in [0.25, 0.3) is 0 Å². The molecular weight excluding hydrogens is 176 g/mol. The molecule has 1 heterocycles. The number of imidazole rings is 1. The highest BCUT2D eigenvalue weighted by molar-refractivity contribution is 5.16. The van der Waals surface area contributed by atoms with Crippen LogP contribution >= 0.6 is 0 Å². The molecule has 1 atom stereocenters. The monoisotopic (exact) mass is 194 g/mol. The third kappa shape index (κ3) is 1.82. The van der Waals surface area contributed by atoms with Crippen molar-refractivity contribution in [1.82, 2.24) is 9.55 Å². The lowest BCUT2D eigenvalue weighted by molar-refractivity contribution is 0.222. The molecule has 1 aliphatic carbocycles. The highest BCUT2D eigenvalue weighted by Gasteiger charge is 2.15. The van der Waals surface area contributed by atoms with Crippen LogP contribution in [-0.2, 0) is 19.4 Å². The first-order chi connectivity index (χ1) is 6.81. The van der Waals surface area contributed by atoms with E-state index in [1.165, 1.54) is 24.2 Å². The summed E-state index contributed by atoms with van der Waals surface area (Å²) in [5.41, 5.74) is 2.68. The van der Waals surface area contributed by atoms with Crippen LogP contribution in [0.15, 0.2) is 6.33 Å². The average molecular weight is 194 g/mol. The highest BCUT2D eigenvalue weighted by atomic mass is 16.3. The zero-order valence-corrected chi connectivity index (χ0v) is 8.74. The molecule has 0 spiro atoms. The van der Waals surface area contributed by atoms with E-state index in [1.54, 1.807) is 0 Å². The van der Waals surface area contributed by atoms with Crippen molar-refractivity contribution in [3.63, 3.8) is 0 Å². The van der Waals surface area contributed by atoms with E-state index >= 15 is 0 Å². The second-order valence-electron chi connectivity index (χ2n) is 4.29. The minimum absolute atomic E-state index is 0.257. The largest absolute Gasteiger partial charge is 0.396 e. The molecule has 3 nitrogen and oxygen atoms in total. The maximum atomic E-state index is 9.00. The van der Waals surface area contributed by atoms with Gasteiger partial charge in [-0.1, -0.05) is 6.92 Å². The summed E-state index contributed by atoms with van der Waals surface area (Å²) >= 11 is 0. The van der Waals surface area contributed by atoms with Crippen LogP contribution in [0, 0.1) is 5.92 Å². The Kier molecular flexibility index (Phi) is 2.87. The first kappa shape index (κ1) is 9.71. The Morgan fingerprint density at radius 2 is 2.29 bits per heavy atom.